The smallest absolute Gasteiger partial charge is 0.228 e. The molecular formula is C15H17N3O2. The summed E-state index contributed by atoms with van der Waals surface area (Å²) < 4.78 is 0. The van der Waals surface area contributed by atoms with Crippen LogP contribution in [0.4, 0.5) is 0 Å². The largest absolute Gasteiger partial charge is 0.351 e. The number of rotatable bonds is 5. The molecule has 2 rings (SSSR count). The first kappa shape index (κ1) is 14.0. The number of nitrogens with zero attached hydrogens (tertiary/aromatic N) is 1. The zero-order valence-electron chi connectivity index (χ0n) is 11.6. The van der Waals surface area contributed by atoms with Crippen LogP contribution in [0.25, 0.3) is 0 Å². The van der Waals surface area contributed by atoms with Crippen LogP contribution < -0.4 is 5.32 Å². The van der Waals surface area contributed by atoms with Gasteiger partial charge in [0.25, 0.3) is 0 Å². The minimum absolute atomic E-state index is 0.139. The summed E-state index contributed by atoms with van der Waals surface area (Å²) in [5.41, 5.74) is 3.30. The van der Waals surface area contributed by atoms with E-state index in [2.05, 4.69) is 15.5 Å². The van der Waals surface area contributed by atoms with Gasteiger partial charge in [0.15, 0.2) is 5.78 Å². The lowest BCUT2D eigenvalue weighted by atomic mass is 10.1. The lowest BCUT2D eigenvalue weighted by Crippen LogP contribution is -2.25. The summed E-state index contributed by atoms with van der Waals surface area (Å²) in [6.45, 7) is 4.16. The van der Waals surface area contributed by atoms with Crippen molar-refractivity contribution in [3.63, 3.8) is 0 Å². The molecule has 1 heterocycles. The Balaban J connectivity index is 1.89. The van der Waals surface area contributed by atoms with Gasteiger partial charge in [-0.3, -0.25) is 14.7 Å². The number of hydrogen-bond donors (Lipinski definition) is 2. The molecule has 0 saturated heterocycles. The van der Waals surface area contributed by atoms with Gasteiger partial charge in [0.05, 0.1) is 12.1 Å². The summed E-state index contributed by atoms with van der Waals surface area (Å²) in [7, 11) is 0. The average molecular weight is 271 g/mol. The molecule has 0 aliphatic heterocycles. The van der Waals surface area contributed by atoms with Crippen molar-refractivity contribution < 1.29 is 9.59 Å². The van der Waals surface area contributed by atoms with Crippen LogP contribution in [0.1, 0.15) is 33.7 Å². The van der Waals surface area contributed by atoms with Gasteiger partial charge in [-0.1, -0.05) is 30.3 Å². The van der Waals surface area contributed by atoms with Crippen LogP contribution >= 0.6 is 0 Å². The average Bonchev–Trinajstić information content (AvgIpc) is 2.77. The Hall–Kier alpha value is -2.43. The maximum atomic E-state index is 11.9. The van der Waals surface area contributed by atoms with Gasteiger partial charge >= 0.3 is 0 Å². The van der Waals surface area contributed by atoms with E-state index < -0.39 is 0 Å². The Labute approximate surface area is 117 Å². The SMILES string of the molecule is Cc1n[nH]c(C)c1CNC(=O)CC(=O)c1ccccc1. The van der Waals surface area contributed by atoms with E-state index in [4.69, 9.17) is 0 Å². The second-order valence-electron chi connectivity index (χ2n) is 4.66. The van der Waals surface area contributed by atoms with E-state index in [1.165, 1.54) is 0 Å². The van der Waals surface area contributed by atoms with Gasteiger partial charge in [0.2, 0.25) is 5.91 Å². The molecule has 0 unspecified atom stereocenters. The Kier molecular flexibility index (Phi) is 4.30. The summed E-state index contributed by atoms with van der Waals surface area (Å²) in [6, 6.07) is 8.81. The Morgan fingerprint density at radius 3 is 2.50 bits per heavy atom. The molecule has 0 fully saturated rings. The molecule has 1 amide bonds. The number of carbonyl (C=O) groups is 2. The fourth-order valence-electron chi connectivity index (χ4n) is 1.96. The van der Waals surface area contributed by atoms with Crippen LogP contribution in [0.5, 0.6) is 0 Å². The van der Waals surface area contributed by atoms with Gasteiger partial charge in [-0.2, -0.15) is 5.10 Å². The minimum Gasteiger partial charge on any atom is -0.351 e. The van der Waals surface area contributed by atoms with Crippen LogP contribution in [-0.2, 0) is 11.3 Å². The van der Waals surface area contributed by atoms with Gasteiger partial charge in [0.1, 0.15) is 0 Å². The van der Waals surface area contributed by atoms with Crippen molar-refractivity contribution in [3.05, 3.63) is 52.8 Å². The highest BCUT2D eigenvalue weighted by molar-refractivity contribution is 6.07. The number of H-pyrrole nitrogens is 1. The fraction of sp³-hybridized carbons (Fsp3) is 0.267. The zero-order valence-corrected chi connectivity index (χ0v) is 11.6. The van der Waals surface area contributed by atoms with E-state index in [0.717, 1.165) is 17.0 Å². The van der Waals surface area contributed by atoms with Gasteiger partial charge in [-0.05, 0) is 13.8 Å². The van der Waals surface area contributed by atoms with Gasteiger partial charge in [-0.15, -0.1) is 0 Å². The number of carbonyl (C=O) groups excluding carboxylic acids is 2. The highest BCUT2D eigenvalue weighted by atomic mass is 16.2. The maximum absolute atomic E-state index is 11.9. The predicted octanol–water partition coefficient (Wildman–Crippen LogP) is 1.92. The zero-order chi connectivity index (χ0) is 14.5. The van der Waals surface area contributed by atoms with Crippen LogP contribution in [0.3, 0.4) is 0 Å². The number of aromatic nitrogens is 2. The Bertz CT molecular complexity index is 598. The first-order valence-corrected chi connectivity index (χ1v) is 6.43. The van der Waals surface area contributed by atoms with Gasteiger partial charge in [-0.25, -0.2) is 0 Å². The predicted molar refractivity (Wildman–Crippen MR) is 75.3 cm³/mol. The van der Waals surface area contributed by atoms with Crippen molar-refractivity contribution in [3.8, 4) is 0 Å². The number of hydrogen-bond acceptors (Lipinski definition) is 3. The third kappa shape index (κ3) is 3.32. The molecule has 1 aromatic carbocycles. The number of aryl methyl sites for hydroxylation is 2. The first-order valence-electron chi connectivity index (χ1n) is 6.43. The molecule has 5 heteroatoms. The van der Waals surface area contributed by atoms with Crippen LogP contribution in [0, 0.1) is 13.8 Å². The number of Topliss-reactive ketones (excluding diaryl/α,β-unsaturated/α-hetero) is 1. The topological polar surface area (TPSA) is 74.8 Å². The lowest BCUT2D eigenvalue weighted by Gasteiger charge is -2.05. The monoisotopic (exact) mass is 271 g/mol. The summed E-state index contributed by atoms with van der Waals surface area (Å²) in [6.07, 6.45) is -0.139. The highest BCUT2D eigenvalue weighted by Crippen LogP contribution is 2.09. The van der Waals surface area contributed by atoms with Crippen LogP contribution in [0.15, 0.2) is 30.3 Å². The van der Waals surface area contributed by atoms with Crippen molar-refractivity contribution in [2.45, 2.75) is 26.8 Å². The Morgan fingerprint density at radius 1 is 1.20 bits per heavy atom. The van der Waals surface area contributed by atoms with Crippen LogP contribution in [-0.4, -0.2) is 21.9 Å². The van der Waals surface area contributed by atoms with Crippen molar-refractivity contribution in [2.24, 2.45) is 0 Å². The van der Waals surface area contributed by atoms with E-state index in [-0.39, 0.29) is 18.1 Å². The third-order valence-corrected chi connectivity index (χ3v) is 3.16. The quantitative estimate of drug-likeness (QED) is 0.644. The molecule has 104 valence electrons. The second kappa shape index (κ2) is 6.14. The summed E-state index contributed by atoms with van der Waals surface area (Å²) in [5, 5.41) is 9.67. The van der Waals surface area contributed by atoms with Gasteiger partial charge < -0.3 is 5.32 Å². The molecule has 0 bridgehead atoms. The Morgan fingerprint density at radius 2 is 1.90 bits per heavy atom. The molecule has 0 aliphatic carbocycles. The number of ketones is 1. The van der Waals surface area contributed by atoms with E-state index in [9.17, 15) is 9.59 Å². The molecule has 0 saturated carbocycles. The van der Waals surface area contributed by atoms with Crippen LogP contribution in [0.2, 0.25) is 0 Å². The lowest BCUT2D eigenvalue weighted by molar-refractivity contribution is -0.120. The van der Waals surface area contributed by atoms with E-state index in [1.807, 2.05) is 19.9 Å². The highest BCUT2D eigenvalue weighted by Gasteiger charge is 2.12. The maximum Gasteiger partial charge on any atom is 0.228 e. The fourth-order valence-corrected chi connectivity index (χ4v) is 1.96. The number of nitrogens with one attached hydrogen (secondary N) is 2. The molecule has 0 spiro atoms. The third-order valence-electron chi connectivity index (χ3n) is 3.16. The van der Waals surface area contributed by atoms with E-state index in [0.29, 0.717) is 12.1 Å². The molecule has 2 N–H and O–H groups in total. The van der Waals surface area contributed by atoms with Crippen molar-refractivity contribution >= 4 is 11.7 Å². The first-order chi connectivity index (χ1) is 9.58. The second-order valence-corrected chi connectivity index (χ2v) is 4.66. The molecule has 1 aromatic heterocycles. The molecular weight excluding hydrogens is 254 g/mol. The molecule has 2 aromatic rings. The number of benzene rings is 1. The minimum atomic E-state index is -0.279. The van der Waals surface area contributed by atoms with Crippen molar-refractivity contribution in [2.75, 3.05) is 0 Å². The molecule has 20 heavy (non-hydrogen) atoms. The van der Waals surface area contributed by atoms with E-state index in [1.54, 1.807) is 24.3 Å². The van der Waals surface area contributed by atoms with E-state index >= 15 is 0 Å². The van der Waals surface area contributed by atoms with Crippen molar-refractivity contribution in [1.82, 2.24) is 15.5 Å². The van der Waals surface area contributed by atoms with Crippen molar-refractivity contribution in [1.29, 1.82) is 0 Å². The number of amides is 1. The molecule has 0 radical (unpaired) electrons. The normalized spacial score (nSPS) is 10.3. The van der Waals surface area contributed by atoms with Gasteiger partial charge in [0, 0.05) is 23.4 Å². The summed E-state index contributed by atoms with van der Waals surface area (Å²) in [5.74, 6) is -0.456. The summed E-state index contributed by atoms with van der Waals surface area (Å²) in [4.78, 5) is 23.7. The molecule has 5 nitrogen and oxygen atoms in total. The standard InChI is InChI=1S/C15H17N3O2/c1-10-13(11(2)18-17-10)9-16-15(20)8-14(19)12-6-4-3-5-7-12/h3-7H,8-9H2,1-2H3,(H,16,20)(H,17,18). The molecule has 0 aliphatic rings. The molecule has 0 atom stereocenters. The summed E-state index contributed by atoms with van der Waals surface area (Å²) >= 11 is 0. The number of aromatic amines is 1.